The summed E-state index contributed by atoms with van der Waals surface area (Å²) in [5.74, 6) is 0. The summed E-state index contributed by atoms with van der Waals surface area (Å²) < 4.78 is 2.35. The maximum Gasteiger partial charge on any atom is 0.0807 e. The molecule has 100 valence electrons. The summed E-state index contributed by atoms with van der Waals surface area (Å²) in [5, 5.41) is 10.1. The van der Waals surface area contributed by atoms with Crippen LogP contribution in [0.3, 0.4) is 0 Å². The molecule has 1 aliphatic rings. The molecule has 0 aromatic carbocycles. The maximum absolute atomic E-state index is 10.1. The van der Waals surface area contributed by atoms with E-state index in [0.717, 1.165) is 43.5 Å². The highest BCUT2D eigenvalue weighted by molar-refractivity contribution is 5.31. The summed E-state index contributed by atoms with van der Waals surface area (Å²) in [6.07, 6.45) is 5.59. The first-order chi connectivity index (χ1) is 9.25. The lowest BCUT2D eigenvalue weighted by atomic mass is 9.95. The Morgan fingerprint density at radius 1 is 1.42 bits per heavy atom. The van der Waals surface area contributed by atoms with Gasteiger partial charge in [0.2, 0.25) is 0 Å². The molecule has 0 spiro atoms. The van der Waals surface area contributed by atoms with E-state index in [2.05, 4.69) is 28.6 Å². The van der Waals surface area contributed by atoms with E-state index in [0.29, 0.717) is 0 Å². The Hall–Kier alpha value is -1.61. The van der Waals surface area contributed by atoms with Gasteiger partial charge in [0.15, 0.2) is 0 Å². The predicted octanol–water partition coefficient (Wildman–Crippen LogP) is 2.80. The summed E-state index contributed by atoms with van der Waals surface area (Å²) in [5.41, 5.74) is 4.85. The van der Waals surface area contributed by atoms with Gasteiger partial charge in [-0.2, -0.15) is 0 Å². The van der Waals surface area contributed by atoms with Crippen molar-refractivity contribution in [3.05, 3.63) is 53.1 Å². The molecule has 0 saturated carbocycles. The first-order valence-corrected chi connectivity index (χ1v) is 7.02. The lowest BCUT2D eigenvalue weighted by molar-refractivity contribution is 0.155. The molecule has 0 radical (unpaired) electrons. The fourth-order valence-corrected chi connectivity index (χ4v) is 3.02. The highest BCUT2D eigenvalue weighted by atomic mass is 16.3. The summed E-state index contributed by atoms with van der Waals surface area (Å²) in [6.45, 7) is 3.08. The number of pyridine rings is 1. The largest absolute Gasteiger partial charge is 0.388 e. The second-order valence-corrected chi connectivity index (χ2v) is 5.32. The minimum absolute atomic E-state index is 0.265. The van der Waals surface area contributed by atoms with Crippen LogP contribution in [0.2, 0.25) is 0 Å². The Balaban J connectivity index is 1.81. The second kappa shape index (κ2) is 5.17. The highest BCUT2D eigenvalue weighted by Gasteiger charge is 2.22. The molecule has 2 aromatic rings. The summed E-state index contributed by atoms with van der Waals surface area (Å²) in [6, 6.07) is 8.20. The van der Waals surface area contributed by atoms with Gasteiger partial charge in [-0.05, 0) is 44.4 Å². The van der Waals surface area contributed by atoms with Crippen LogP contribution in [0.4, 0.5) is 0 Å². The number of aliphatic hydroxyl groups excluding tert-OH is 1. The third kappa shape index (κ3) is 2.43. The van der Waals surface area contributed by atoms with Gasteiger partial charge < -0.3 is 9.67 Å². The van der Waals surface area contributed by atoms with E-state index in [-0.39, 0.29) is 6.10 Å². The van der Waals surface area contributed by atoms with Crippen LogP contribution in [-0.2, 0) is 19.4 Å². The molecule has 19 heavy (non-hydrogen) atoms. The number of aromatic nitrogens is 2. The number of hydrogen-bond donors (Lipinski definition) is 1. The van der Waals surface area contributed by atoms with Gasteiger partial charge in [-0.1, -0.05) is 6.07 Å². The van der Waals surface area contributed by atoms with E-state index in [1.54, 1.807) is 0 Å². The normalized spacial score (nSPS) is 18.3. The number of rotatable bonds is 3. The van der Waals surface area contributed by atoms with Crippen LogP contribution in [0.5, 0.6) is 0 Å². The molecule has 1 N–H and O–H groups in total. The standard InChI is InChI=1S/C16H20N2O/c1-12-11-14-15(6-4-7-16(14)19)18(12)10-8-13-5-2-3-9-17-13/h2-3,5,9,11,16,19H,4,6-8,10H2,1H3. The zero-order chi connectivity index (χ0) is 13.2. The van der Waals surface area contributed by atoms with Crippen molar-refractivity contribution in [1.29, 1.82) is 0 Å². The first-order valence-electron chi connectivity index (χ1n) is 7.02. The average Bonchev–Trinajstić information content (AvgIpc) is 2.75. The number of hydrogen-bond acceptors (Lipinski definition) is 2. The van der Waals surface area contributed by atoms with E-state index in [1.807, 2.05) is 18.3 Å². The van der Waals surface area contributed by atoms with Crippen LogP contribution in [0.1, 0.15) is 41.6 Å². The van der Waals surface area contributed by atoms with Crippen LogP contribution in [-0.4, -0.2) is 14.7 Å². The quantitative estimate of drug-likeness (QED) is 0.917. The molecule has 1 atom stereocenters. The van der Waals surface area contributed by atoms with E-state index >= 15 is 0 Å². The molecule has 2 aromatic heterocycles. The molecule has 2 heterocycles. The Bertz CT molecular complexity index is 560. The molecule has 1 unspecified atom stereocenters. The molecule has 1 aliphatic carbocycles. The number of fused-ring (bicyclic) bond motifs is 1. The molecule has 0 fully saturated rings. The van der Waals surface area contributed by atoms with Crippen molar-refractivity contribution in [2.75, 3.05) is 0 Å². The van der Waals surface area contributed by atoms with Gasteiger partial charge in [0.25, 0.3) is 0 Å². The van der Waals surface area contributed by atoms with Crippen molar-refractivity contribution in [1.82, 2.24) is 9.55 Å². The Morgan fingerprint density at radius 3 is 3.11 bits per heavy atom. The van der Waals surface area contributed by atoms with Crippen molar-refractivity contribution in [2.45, 2.75) is 45.3 Å². The van der Waals surface area contributed by atoms with Crippen molar-refractivity contribution < 1.29 is 5.11 Å². The summed E-state index contributed by atoms with van der Waals surface area (Å²) >= 11 is 0. The van der Waals surface area contributed by atoms with Gasteiger partial charge >= 0.3 is 0 Å². The van der Waals surface area contributed by atoms with E-state index < -0.39 is 0 Å². The lowest BCUT2D eigenvalue weighted by Crippen LogP contribution is -2.13. The average molecular weight is 256 g/mol. The third-order valence-corrected chi connectivity index (χ3v) is 4.02. The van der Waals surface area contributed by atoms with Crippen LogP contribution in [0, 0.1) is 6.92 Å². The summed E-state index contributed by atoms with van der Waals surface area (Å²) in [4.78, 5) is 4.37. The monoisotopic (exact) mass is 256 g/mol. The van der Waals surface area contributed by atoms with Gasteiger partial charge in [0.1, 0.15) is 0 Å². The number of aryl methyl sites for hydroxylation is 2. The molecule has 0 saturated heterocycles. The van der Waals surface area contributed by atoms with Crippen LogP contribution < -0.4 is 0 Å². The molecular weight excluding hydrogens is 236 g/mol. The van der Waals surface area contributed by atoms with Crippen LogP contribution in [0.25, 0.3) is 0 Å². The highest BCUT2D eigenvalue weighted by Crippen LogP contribution is 2.32. The molecular formula is C16H20N2O. The topological polar surface area (TPSA) is 38.0 Å². The van der Waals surface area contributed by atoms with Gasteiger partial charge in [0, 0.05) is 41.8 Å². The van der Waals surface area contributed by atoms with Gasteiger partial charge in [-0.25, -0.2) is 0 Å². The van der Waals surface area contributed by atoms with E-state index in [4.69, 9.17) is 0 Å². The van der Waals surface area contributed by atoms with Gasteiger partial charge in [-0.3, -0.25) is 4.98 Å². The Kier molecular flexibility index (Phi) is 3.38. The third-order valence-electron chi connectivity index (χ3n) is 4.02. The van der Waals surface area contributed by atoms with Crippen LogP contribution >= 0.6 is 0 Å². The van der Waals surface area contributed by atoms with Crippen molar-refractivity contribution >= 4 is 0 Å². The van der Waals surface area contributed by atoms with Gasteiger partial charge in [0.05, 0.1) is 6.10 Å². The Labute approximate surface area is 113 Å². The summed E-state index contributed by atoms with van der Waals surface area (Å²) in [7, 11) is 0. The molecule has 0 bridgehead atoms. The van der Waals surface area contributed by atoms with E-state index in [9.17, 15) is 5.11 Å². The zero-order valence-electron chi connectivity index (χ0n) is 11.3. The SMILES string of the molecule is Cc1cc2c(n1CCc1ccccn1)CCCC2O. The fourth-order valence-electron chi connectivity index (χ4n) is 3.02. The molecule has 3 heteroatoms. The van der Waals surface area contributed by atoms with Crippen molar-refractivity contribution in [3.63, 3.8) is 0 Å². The smallest absolute Gasteiger partial charge is 0.0807 e. The van der Waals surface area contributed by atoms with Crippen LogP contribution in [0.15, 0.2) is 30.5 Å². The molecule has 0 aliphatic heterocycles. The molecule has 3 nitrogen and oxygen atoms in total. The second-order valence-electron chi connectivity index (χ2n) is 5.32. The maximum atomic E-state index is 10.1. The molecule has 3 rings (SSSR count). The van der Waals surface area contributed by atoms with Crippen molar-refractivity contribution in [3.8, 4) is 0 Å². The van der Waals surface area contributed by atoms with E-state index in [1.165, 1.54) is 11.4 Å². The van der Waals surface area contributed by atoms with Gasteiger partial charge in [-0.15, -0.1) is 0 Å². The Morgan fingerprint density at radius 2 is 2.32 bits per heavy atom. The molecule has 0 amide bonds. The number of nitrogens with zero attached hydrogens (tertiary/aromatic N) is 2. The van der Waals surface area contributed by atoms with Crippen molar-refractivity contribution in [2.24, 2.45) is 0 Å². The first kappa shape index (κ1) is 12.4. The zero-order valence-corrected chi connectivity index (χ0v) is 11.3. The predicted molar refractivity (Wildman–Crippen MR) is 75.0 cm³/mol. The number of aliphatic hydroxyl groups is 1. The fraction of sp³-hybridized carbons (Fsp3) is 0.438. The minimum Gasteiger partial charge on any atom is -0.388 e. The minimum atomic E-state index is -0.265. The lowest BCUT2D eigenvalue weighted by Gasteiger charge is -2.20.